The van der Waals surface area contributed by atoms with E-state index in [4.69, 9.17) is 0 Å². The molecule has 146 valence electrons. The summed E-state index contributed by atoms with van der Waals surface area (Å²) >= 11 is 0. The first-order chi connectivity index (χ1) is 13.5. The maximum absolute atomic E-state index is 13.9. The summed E-state index contributed by atoms with van der Waals surface area (Å²) in [5.41, 5.74) is 1.79. The molecule has 7 heteroatoms. The number of benzene rings is 1. The number of nitrogens with zero attached hydrogens (tertiary/aromatic N) is 4. The van der Waals surface area contributed by atoms with Gasteiger partial charge < -0.3 is 4.90 Å². The van der Waals surface area contributed by atoms with Gasteiger partial charge in [-0.3, -0.25) is 9.69 Å². The molecule has 5 heterocycles. The summed E-state index contributed by atoms with van der Waals surface area (Å²) in [5.74, 6) is -0.903. The lowest BCUT2D eigenvalue weighted by Crippen LogP contribution is -2.60. The molecule has 1 aromatic carbocycles. The maximum Gasteiger partial charge on any atom is 0.257 e. The molecule has 4 saturated heterocycles. The Balaban J connectivity index is 1.56. The van der Waals surface area contributed by atoms with Crippen molar-refractivity contribution in [3.05, 3.63) is 59.2 Å². The van der Waals surface area contributed by atoms with Crippen molar-refractivity contribution in [1.29, 1.82) is 0 Å². The summed E-state index contributed by atoms with van der Waals surface area (Å²) < 4.78 is 27.8. The number of rotatable bonds is 2. The molecule has 0 radical (unpaired) electrons. The first-order valence-corrected chi connectivity index (χ1v) is 9.80. The highest BCUT2D eigenvalue weighted by Crippen LogP contribution is 2.47. The second-order valence-corrected chi connectivity index (χ2v) is 8.14. The number of hydrogen-bond acceptors (Lipinski definition) is 4. The van der Waals surface area contributed by atoms with E-state index in [1.54, 1.807) is 13.1 Å². The van der Waals surface area contributed by atoms with E-state index in [1.165, 1.54) is 18.5 Å². The number of likely N-dealkylation sites (tertiary alicyclic amines) is 1. The number of fused-ring (bicyclic) bond motifs is 2. The zero-order valence-electron chi connectivity index (χ0n) is 15.7. The largest absolute Gasteiger partial charge is 0.333 e. The quantitative estimate of drug-likeness (QED) is 0.799. The van der Waals surface area contributed by atoms with Gasteiger partial charge in [0.1, 0.15) is 18.0 Å². The average Bonchev–Trinajstić information content (AvgIpc) is 3.11. The van der Waals surface area contributed by atoms with Crippen molar-refractivity contribution in [3.8, 4) is 0 Å². The molecule has 0 saturated carbocycles. The highest BCUT2D eigenvalue weighted by atomic mass is 19.1. The Morgan fingerprint density at radius 2 is 1.82 bits per heavy atom. The fraction of sp³-hybridized carbons (Fsp3) is 0.476. The Kier molecular flexibility index (Phi) is 4.16. The summed E-state index contributed by atoms with van der Waals surface area (Å²) in [6.07, 6.45) is 5.11. The van der Waals surface area contributed by atoms with Gasteiger partial charge in [-0.2, -0.15) is 0 Å². The van der Waals surface area contributed by atoms with Crippen LogP contribution in [0.3, 0.4) is 0 Å². The Morgan fingerprint density at radius 1 is 1.11 bits per heavy atom. The molecule has 2 bridgehead atoms. The van der Waals surface area contributed by atoms with Crippen molar-refractivity contribution in [2.75, 3.05) is 19.6 Å². The molecule has 6 rings (SSSR count). The zero-order chi connectivity index (χ0) is 19.4. The second kappa shape index (κ2) is 6.58. The van der Waals surface area contributed by atoms with Crippen LogP contribution in [0.25, 0.3) is 0 Å². The molecular weight excluding hydrogens is 362 g/mol. The van der Waals surface area contributed by atoms with Crippen LogP contribution >= 0.6 is 0 Å². The van der Waals surface area contributed by atoms with Gasteiger partial charge >= 0.3 is 0 Å². The van der Waals surface area contributed by atoms with Gasteiger partial charge in [-0.05, 0) is 56.5 Å². The molecule has 28 heavy (non-hydrogen) atoms. The molecule has 2 aromatic rings. The van der Waals surface area contributed by atoms with E-state index in [-0.39, 0.29) is 23.9 Å². The van der Waals surface area contributed by atoms with Crippen LogP contribution in [-0.2, 0) is 0 Å². The van der Waals surface area contributed by atoms with Crippen LogP contribution in [0.1, 0.15) is 40.4 Å². The third-order valence-electron chi connectivity index (χ3n) is 6.71. The van der Waals surface area contributed by atoms with Crippen LogP contribution in [0.2, 0.25) is 0 Å². The number of piperidine rings is 3. The molecule has 1 amide bonds. The van der Waals surface area contributed by atoms with E-state index in [2.05, 4.69) is 14.9 Å². The molecule has 4 fully saturated rings. The molecule has 0 unspecified atom stereocenters. The Bertz CT molecular complexity index is 908. The summed E-state index contributed by atoms with van der Waals surface area (Å²) in [7, 11) is 0. The minimum absolute atomic E-state index is 0.0611. The number of amides is 1. The highest BCUT2D eigenvalue weighted by Gasteiger charge is 2.54. The first-order valence-electron chi connectivity index (χ1n) is 9.80. The molecular formula is C21H22F2N4O. The SMILES string of the molecule is Cc1ncncc1C(=O)N1C[C@H](c2cc(F)cc(F)c2)[C@H]2[C@@H]1C1CCN2CC1. The van der Waals surface area contributed by atoms with Gasteiger partial charge in [0.15, 0.2) is 0 Å². The third kappa shape index (κ3) is 2.71. The summed E-state index contributed by atoms with van der Waals surface area (Å²) in [5, 5.41) is 0. The number of aromatic nitrogens is 2. The Labute approximate surface area is 162 Å². The number of aryl methyl sites for hydroxylation is 1. The number of carbonyl (C=O) groups excluding carboxylic acids is 1. The molecule has 3 atom stereocenters. The van der Waals surface area contributed by atoms with Gasteiger partial charge in [0.25, 0.3) is 5.91 Å². The number of carbonyl (C=O) groups is 1. The van der Waals surface area contributed by atoms with Crippen molar-refractivity contribution < 1.29 is 13.6 Å². The average molecular weight is 384 g/mol. The molecule has 0 spiro atoms. The van der Waals surface area contributed by atoms with E-state index in [0.29, 0.717) is 29.3 Å². The predicted octanol–water partition coefficient (Wildman–Crippen LogP) is 2.77. The molecule has 4 aliphatic rings. The van der Waals surface area contributed by atoms with Gasteiger partial charge in [-0.1, -0.05) is 0 Å². The maximum atomic E-state index is 13.9. The lowest BCUT2D eigenvalue weighted by molar-refractivity contribution is -0.00348. The van der Waals surface area contributed by atoms with E-state index in [9.17, 15) is 13.6 Å². The van der Waals surface area contributed by atoms with Crippen molar-refractivity contribution in [1.82, 2.24) is 19.8 Å². The third-order valence-corrected chi connectivity index (χ3v) is 6.71. The van der Waals surface area contributed by atoms with Crippen LogP contribution in [0, 0.1) is 24.5 Å². The van der Waals surface area contributed by atoms with Crippen LogP contribution < -0.4 is 0 Å². The first kappa shape index (κ1) is 17.7. The van der Waals surface area contributed by atoms with Gasteiger partial charge in [-0.15, -0.1) is 0 Å². The minimum Gasteiger partial charge on any atom is -0.333 e. The van der Waals surface area contributed by atoms with Crippen LogP contribution in [0.5, 0.6) is 0 Å². The Morgan fingerprint density at radius 3 is 2.50 bits per heavy atom. The van der Waals surface area contributed by atoms with Crippen molar-refractivity contribution in [3.63, 3.8) is 0 Å². The van der Waals surface area contributed by atoms with Crippen LogP contribution in [0.15, 0.2) is 30.7 Å². The fourth-order valence-corrected chi connectivity index (χ4v) is 5.49. The van der Waals surface area contributed by atoms with Gasteiger partial charge in [0.2, 0.25) is 0 Å². The molecule has 0 aliphatic carbocycles. The summed E-state index contributed by atoms with van der Waals surface area (Å²) in [4.78, 5) is 25.9. The van der Waals surface area contributed by atoms with Gasteiger partial charge in [0, 0.05) is 30.8 Å². The Hall–Kier alpha value is -2.41. The number of hydrogen-bond donors (Lipinski definition) is 0. The lowest BCUT2D eigenvalue weighted by atomic mass is 9.75. The van der Waals surface area contributed by atoms with E-state index in [1.807, 2.05) is 4.90 Å². The van der Waals surface area contributed by atoms with E-state index >= 15 is 0 Å². The van der Waals surface area contributed by atoms with Crippen molar-refractivity contribution in [2.45, 2.75) is 37.8 Å². The highest BCUT2D eigenvalue weighted by molar-refractivity contribution is 5.95. The minimum atomic E-state index is -0.570. The normalized spacial score (nSPS) is 31.1. The van der Waals surface area contributed by atoms with Crippen molar-refractivity contribution >= 4 is 5.91 Å². The van der Waals surface area contributed by atoms with Crippen LogP contribution in [0.4, 0.5) is 8.78 Å². The van der Waals surface area contributed by atoms with Gasteiger partial charge in [-0.25, -0.2) is 18.7 Å². The zero-order valence-corrected chi connectivity index (χ0v) is 15.7. The van der Waals surface area contributed by atoms with Crippen molar-refractivity contribution in [2.24, 2.45) is 5.92 Å². The molecule has 4 aliphatic heterocycles. The van der Waals surface area contributed by atoms with E-state index in [0.717, 1.165) is 32.0 Å². The topological polar surface area (TPSA) is 49.3 Å². The smallest absolute Gasteiger partial charge is 0.257 e. The molecule has 0 N–H and O–H groups in total. The van der Waals surface area contributed by atoms with Gasteiger partial charge in [0.05, 0.1) is 17.3 Å². The van der Waals surface area contributed by atoms with E-state index < -0.39 is 11.6 Å². The summed E-state index contributed by atoms with van der Waals surface area (Å²) in [6.45, 7) is 4.22. The molecule has 1 aromatic heterocycles. The number of halogens is 2. The summed E-state index contributed by atoms with van der Waals surface area (Å²) in [6, 6.07) is 3.89. The predicted molar refractivity (Wildman–Crippen MR) is 98.8 cm³/mol. The second-order valence-electron chi connectivity index (χ2n) is 8.14. The van der Waals surface area contributed by atoms with Crippen LogP contribution in [-0.4, -0.2) is 57.4 Å². The lowest BCUT2D eigenvalue weighted by Gasteiger charge is -2.51. The molecule has 5 nitrogen and oxygen atoms in total. The standard InChI is InChI=1S/C21H22F2N4O/c1-12-17(9-24-11-25-12)21(28)27-10-18(14-6-15(22)8-16(23)7-14)20-19(27)13-2-4-26(20)5-3-13/h6-9,11,13,18-20H,2-5,10H2,1H3/t18-,19+,20+/m1/s1. The fourth-order valence-electron chi connectivity index (χ4n) is 5.49. The monoisotopic (exact) mass is 384 g/mol.